The topological polar surface area (TPSA) is 81.9 Å². The number of carbonyl (C=O) groups is 2. The van der Waals surface area contributed by atoms with Crippen molar-refractivity contribution in [1.29, 1.82) is 0 Å². The van der Waals surface area contributed by atoms with Gasteiger partial charge in [-0.25, -0.2) is 4.98 Å². The van der Waals surface area contributed by atoms with E-state index in [0.29, 0.717) is 27.8 Å². The van der Waals surface area contributed by atoms with Crippen LogP contribution in [0.2, 0.25) is 0 Å². The molecule has 0 bridgehead atoms. The summed E-state index contributed by atoms with van der Waals surface area (Å²) in [4.78, 5) is 31.0. The van der Waals surface area contributed by atoms with E-state index in [-0.39, 0.29) is 5.69 Å². The first-order chi connectivity index (χ1) is 14.1. The summed E-state index contributed by atoms with van der Waals surface area (Å²) in [6.45, 7) is 0. The molecule has 1 amide bonds. The maximum absolute atomic E-state index is 13.1. The van der Waals surface area contributed by atoms with Gasteiger partial charge < -0.3 is 14.8 Å². The SMILES string of the molecule is COc1ccc(NC(=O)C(=O)c2c(-c3ccccc3)nc3sccn23)cc1OC. The van der Waals surface area contributed by atoms with E-state index in [9.17, 15) is 9.59 Å². The van der Waals surface area contributed by atoms with Crippen LogP contribution in [0.3, 0.4) is 0 Å². The van der Waals surface area contributed by atoms with Crippen LogP contribution in [0, 0.1) is 0 Å². The number of anilines is 1. The van der Waals surface area contributed by atoms with Gasteiger partial charge in [0.2, 0.25) is 0 Å². The molecule has 0 aliphatic rings. The molecule has 29 heavy (non-hydrogen) atoms. The second-order valence-corrected chi connectivity index (χ2v) is 6.96. The number of hydrogen-bond donors (Lipinski definition) is 1. The number of nitrogens with zero attached hydrogens (tertiary/aromatic N) is 2. The van der Waals surface area contributed by atoms with E-state index in [1.165, 1.54) is 25.6 Å². The van der Waals surface area contributed by atoms with Crippen LogP contribution in [-0.4, -0.2) is 35.3 Å². The van der Waals surface area contributed by atoms with Gasteiger partial charge >= 0.3 is 0 Å². The number of fused-ring (bicyclic) bond motifs is 1. The molecular formula is C21H17N3O4S. The Kier molecular flexibility index (Phi) is 5.01. The van der Waals surface area contributed by atoms with E-state index in [4.69, 9.17) is 9.47 Å². The van der Waals surface area contributed by atoms with Crippen LogP contribution in [0.1, 0.15) is 10.5 Å². The number of thiazole rings is 1. The van der Waals surface area contributed by atoms with Crippen LogP contribution in [0.4, 0.5) is 5.69 Å². The summed E-state index contributed by atoms with van der Waals surface area (Å²) < 4.78 is 12.1. The summed E-state index contributed by atoms with van der Waals surface area (Å²) in [6.07, 6.45) is 1.73. The van der Waals surface area contributed by atoms with Crippen molar-refractivity contribution in [3.63, 3.8) is 0 Å². The molecule has 0 spiro atoms. The van der Waals surface area contributed by atoms with E-state index < -0.39 is 11.7 Å². The fourth-order valence-electron chi connectivity index (χ4n) is 3.01. The van der Waals surface area contributed by atoms with E-state index in [2.05, 4.69) is 10.3 Å². The van der Waals surface area contributed by atoms with Gasteiger partial charge in [-0.1, -0.05) is 30.3 Å². The van der Waals surface area contributed by atoms with Crippen LogP contribution in [0.25, 0.3) is 16.2 Å². The lowest BCUT2D eigenvalue weighted by Crippen LogP contribution is -2.24. The molecular weight excluding hydrogens is 390 g/mol. The molecule has 4 rings (SSSR count). The average molecular weight is 407 g/mol. The number of nitrogens with one attached hydrogen (secondary N) is 1. The summed E-state index contributed by atoms with van der Waals surface area (Å²) in [6, 6.07) is 14.2. The Balaban J connectivity index is 1.69. The quantitative estimate of drug-likeness (QED) is 0.387. The normalized spacial score (nSPS) is 10.7. The highest BCUT2D eigenvalue weighted by Crippen LogP contribution is 2.30. The molecule has 2 aromatic carbocycles. The smallest absolute Gasteiger partial charge is 0.298 e. The largest absolute Gasteiger partial charge is 0.493 e. The molecule has 2 aromatic heterocycles. The van der Waals surface area contributed by atoms with E-state index in [1.807, 2.05) is 35.7 Å². The zero-order chi connectivity index (χ0) is 20.4. The maximum atomic E-state index is 13.1. The van der Waals surface area contributed by atoms with Gasteiger partial charge in [-0.2, -0.15) is 0 Å². The van der Waals surface area contributed by atoms with Gasteiger partial charge in [-0.15, -0.1) is 11.3 Å². The third-order valence-corrected chi connectivity index (χ3v) is 5.13. The first-order valence-corrected chi connectivity index (χ1v) is 9.59. The summed E-state index contributed by atoms with van der Waals surface area (Å²) in [7, 11) is 3.02. The van der Waals surface area contributed by atoms with Crippen molar-refractivity contribution in [2.45, 2.75) is 0 Å². The first kappa shape index (κ1) is 18.7. The van der Waals surface area contributed by atoms with Crippen molar-refractivity contribution in [2.75, 3.05) is 19.5 Å². The summed E-state index contributed by atoms with van der Waals surface area (Å²) in [5.41, 5.74) is 1.90. The van der Waals surface area contributed by atoms with Crippen molar-refractivity contribution >= 4 is 33.7 Å². The van der Waals surface area contributed by atoms with Crippen LogP contribution >= 0.6 is 11.3 Å². The Morgan fingerprint density at radius 2 is 1.79 bits per heavy atom. The lowest BCUT2D eigenvalue weighted by Gasteiger charge is -2.10. The number of benzene rings is 2. The number of ether oxygens (including phenoxy) is 2. The van der Waals surface area contributed by atoms with Crippen LogP contribution in [0.15, 0.2) is 60.1 Å². The molecule has 146 valence electrons. The summed E-state index contributed by atoms with van der Waals surface area (Å²) in [5.74, 6) is -0.460. The number of methoxy groups -OCH3 is 2. The predicted molar refractivity (Wildman–Crippen MR) is 111 cm³/mol. The van der Waals surface area contributed by atoms with Gasteiger partial charge in [0.25, 0.3) is 11.7 Å². The lowest BCUT2D eigenvalue weighted by atomic mass is 10.1. The van der Waals surface area contributed by atoms with Gasteiger partial charge in [-0.3, -0.25) is 14.0 Å². The number of Topliss-reactive ketones (excluding diaryl/α,β-unsaturated/α-hetero) is 1. The van der Waals surface area contributed by atoms with Crippen molar-refractivity contribution in [1.82, 2.24) is 9.38 Å². The zero-order valence-electron chi connectivity index (χ0n) is 15.7. The molecule has 8 heteroatoms. The Labute approximate surface area is 170 Å². The second kappa shape index (κ2) is 7.76. The molecule has 0 saturated carbocycles. The number of imidazole rings is 1. The van der Waals surface area contributed by atoms with Crippen molar-refractivity contribution in [3.05, 3.63) is 65.8 Å². The van der Waals surface area contributed by atoms with Crippen molar-refractivity contribution < 1.29 is 19.1 Å². The maximum Gasteiger partial charge on any atom is 0.298 e. The third-order valence-electron chi connectivity index (χ3n) is 4.37. The zero-order valence-corrected chi connectivity index (χ0v) is 16.5. The van der Waals surface area contributed by atoms with E-state index >= 15 is 0 Å². The number of carbonyl (C=O) groups excluding carboxylic acids is 2. The minimum Gasteiger partial charge on any atom is -0.493 e. The molecule has 0 saturated heterocycles. The molecule has 1 N–H and O–H groups in total. The fourth-order valence-corrected chi connectivity index (χ4v) is 3.72. The Morgan fingerprint density at radius 3 is 2.52 bits per heavy atom. The lowest BCUT2D eigenvalue weighted by molar-refractivity contribution is -0.112. The van der Waals surface area contributed by atoms with Gasteiger partial charge in [-0.05, 0) is 12.1 Å². The van der Waals surface area contributed by atoms with Crippen molar-refractivity contribution in [3.8, 4) is 22.8 Å². The van der Waals surface area contributed by atoms with E-state index in [0.717, 1.165) is 5.56 Å². The van der Waals surface area contributed by atoms with Crippen molar-refractivity contribution in [2.24, 2.45) is 0 Å². The second-order valence-electron chi connectivity index (χ2n) is 6.08. The van der Waals surface area contributed by atoms with E-state index in [1.54, 1.807) is 28.8 Å². The van der Waals surface area contributed by atoms with Gasteiger partial charge in [0.05, 0.1) is 14.2 Å². The molecule has 0 radical (unpaired) electrons. The van der Waals surface area contributed by atoms with Gasteiger partial charge in [0.15, 0.2) is 16.5 Å². The number of rotatable bonds is 6. The Bertz CT molecular complexity index is 1200. The number of aromatic nitrogens is 2. The third kappa shape index (κ3) is 3.45. The highest BCUT2D eigenvalue weighted by atomic mass is 32.1. The summed E-state index contributed by atoms with van der Waals surface area (Å²) in [5, 5.41) is 4.45. The highest BCUT2D eigenvalue weighted by molar-refractivity contribution is 7.15. The molecule has 0 aliphatic carbocycles. The minimum absolute atomic E-state index is 0.227. The summed E-state index contributed by atoms with van der Waals surface area (Å²) >= 11 is 1.40. The monoisotopic (exact) mass is 407 g/mol. The first-order valence-electron chi connectivity index (χ1n) is 8.71. The van der Waals surface area contributed by atoms with Gasteiger partial charge in [0.1, 0.15) is 11.4 Å². The average Bonchev–Trinajstić information content (AvgIpc) is 3.35. The molecule has 0 unspecified atom stereocenters. The molecule has 0 fully saturated rings. The highest BCUT2D eigenvalue weighted by Gasteiger charge is 2.26. The molecule has 4 aromatic rings. The molecule has 0 atom stereocenters. The predicted octanol–water partition coefficient (Wildman–Crippen LogP) is 3.90. The van der Waals surface area contributed by atoms with Gasteiger partial charge in [0, 0.05) is 28.9 Å². The Morgan fingerprint density at radius 1 is 1.03 bits per heavy atom. The number of amides is 1. The molecule has 0 aliphatic heterocycles. The minimum atomic E-state index is -0.762. The number of ketones is 1. The molecule has 2 heterocycles. The number of hydrogen-bond acceptors (Lipinski definition) is 6. The van der Waals surface area contributed by atoms with Crippen LogP contribution in [0.5, 0.6) is 11.5 Å². The standard InChI is InChI=1S/C21H17N3O4S/c1-27-15-9-8-14(12-16(15)28-2)22-20(26)19(25)18-17(13-6-4-3-5-7-13)23-21-24(18)10-11-29-21/h3-12H,1-2H3,(H,22,26). The van der Waals surface area contributed by atoms with Crippen LogP contribution < -0.4 is 14.8 Å². The Hall–Kier alpha value is -3.65. The van der Waals surface area contributed by atoms with Crippen LogP contribution in [-0.2, 0) is 4.79 Å². The fraction of sp³-hybridized carbons (Fsp3) is 0.0952. The molecule has 7 nitrogen and oxygen atoms in total.